The number of hydrogen-bond donors (Lipinski definition) is 0. The van der Waals surface area contributed by atoms with Crippen LogP contribution in [0.5, 0.6) is 0 Å². The number of amides is 1. The van der Waals surface area contributed by atoms with Crippen molar-refractivity contribution in [1.82, 2.24) is 5.43 Å². The van der Waals surface area contributed by atoms with E-state index < -0.39 is 0 Å². The van der Waals surface area contributed by atoms with E-state index >= 15 is 0 Å². The van der Waals surface area contributed by atoms with Crippen LogP contribution >= 0.6 is 11.8 Å². The maximum atomic E-state index is 10.9. The van der Waals surface area contributed by atoms with Gasteiger partial charge in [0.05, 0.1) is 0 Å². The largest absolute Gasteiger partial charge is 0.273 e. The Morgan fingerprint density at radius 1 is 1.54 bits per heavy atom. The van der Waals surface area contributed by atoms with Crippen molar-refractivity contribution >= 4 is 27.9 Å². The Morgan fingerprint density at radius 3 is 2.92 bits per heavy atom. The molecule has 0 aromatic heterocycles. The standard InChI is InChI=1S/C8H12N3OS/c1-3-5-7-10-11-8(13-7)9-6(12)4-2/h3-5H2,1-2H3. The second kappa shape index (κ2) is 5.01. The topological polar surface area (TPSA) is 55.9 Å². The van der Waals surface area contributed by atoms with E-state index in [1.54, 1.807) is 6.92 Å². The van der Waals surface area contributed by atoms with Gasteiger partial charge in [-0.05, 0) is 24.6 Å². The van der Waals surface area contributed by atoms with Gasteiger partial charge in [0.2, 0.25) is 11.1 Å². The van der Waals surface area contributed by atoms with Gasteiger partial charge in [0.25, 0.3) is 0 Å². The van der Waals surface area contributed by atoms with Crippen molar-refractivity contribution in [2.24, 2.45) is 10.1 Å². The Labute approximate surface area is 81.9 Å². The van der Waals surface area contributed by atoms with Crippen LogP contribution in [0.25, 0.3) is 0 Å². The zero-order chi connectivity index (χ0) is 9.68. The highest BCUT2D eigenvalue weighted by molar-refractivity contribution is 8.26. The first-order valence-electron chi connectivity index (χ1n) is 4.33. The van der Waals surface area contributed by atoms with Crippen molar-refractivity contribution < 1.29 is 4.79 Å². The Bertz CT molecular complexity index is 260. The van der Waals surface area contributed by atoms with E-state index in [4.69, 9.17) is 0 Å². The van der Waals surface area contributed by atoms with Gasteiger partial charge >= 0.3 is 0 Å². The lowest BCUT2D eigenvalue weighted by molar-refractivity contribution is -0.117. The van der Waals surface area contributed by atoms with Crippen LogP contribution < -0.4 is 5.43 Å². The summed E-state index contributed by atoms with van der Waals surface area (Å²) in [6.07, 6.45) is 2.37. The molecule has 0 unspecified atom stereocenters. The highest BCUT2D eigenvalue weighted by Crippen LogP contribution is 2.17. The van der Waals surface area contributed by atoms with Gasteiger partial charge in [0, 0.05) is 6.42 Å². The smallest absolute Gasteiger partial charge is 0.247 e. The fourth-order valence-electron chi connectivity index (χ4n) is 0.791. The molecule has 4 nitrogen and oxygen atoms in total. The summed E-state index contributed by atoms with van der Waals surface area (Å²) in [5.74, 6) is -0.140. The third-order valence-corrected chi connectivity index (χ3v) is 2.32. The summed E-state index contributed by atoms with van der Waals surface area (Å²) >= 11 is 1.39. The highest BCUT2D eigenvalue weighted by atomic mass is 32.2. The van der Waals surface area contributed by atoms with E-state index in [-0.39, 0.29) is 5.91 Å². The third kappa shape index (κ3) is 3.18. The maximum Gasteiger partial charge on any atom is 0.247 e. The molecule has 0 bridgehead atoms. The normalized spacial score (nSPS) is 18.6. The van der Waals surface area contributed by atoms with Crippen molar-refractivity contribution in [1.29, 1.82) is 0 Å². The van der Waals surface area contributed by atoms with E-state index in [9.17, 15) is 4.79 Å². The van der Waals surface area contributed by atoms with E-state index in [0.29, 0.717) is 11.6 Å². The molecule has 13 heavy (non-hydrogen) atoms. The number of thioether (sulfide) groups is 1. The predicted molar refractivity (Wildman–Crippen MR) is 54.8 cm³/mol. The quantitative estimate of drug-likeness (QED) is 0.693. The average Bonchev–Trinajstić information content (AvgIpc) is 2.53. The third-order valence-electron chi connectivity index (χ3n) is 1.44. The van der Waals surface area contributed by atoms with E-state index in [2.05, 4.69) is 22.4 Å². The van der Waals surface area contributed by atoms with E-state index in [1.165, 1.54) is 11.8 Å². The lowest BCUT2D eigenvalue weighted by Crippen LogP contribution is -2.03. The number of aliphatic imine (C=N–C) groups is 1. The summed E-state index contributed by atoms with van der Waals surface area (Å²) in [4.78, 5) is 14.7. The van der Waals surface area contributed by atoms with Crippen LogP contribution in [0.2, 0.25) is 0 Å². The molecule has 5 heteroatoms. The van der Waals surface area contributed by atoms with Crippen LogP contribution in [0.1, 0.15) is 33.1 Å². The molecule has 0 aromatic rings. The van der Waals surface area contributed by atoms with Gasteiger partial charge in [0.1, 0.15) is 5.04 Å². The first-order chi connectivity index (χ1) is 6.26. The molecule has 0 saturated heterocycles. The summed E-state index contributed by atoms with van der Waals surface area (Å²) in [6.45, 7) is 3.86. The summed E-state index contributed by atoms with van der Waals surface area (Å²) in [7, 11) is 0. The summed E-state index contributed by atoms with van der Waals surface area (Å²) in [5.41, 5.74) is 3.80. The van der Waals surface area contributed by atoms with E-state index in [0.717, 1.165) is 17.9 Å². The lowest BCUT2D eigenvalue weighted by atomic mass is 10.4. The van der Waals surface area contributed by atoms with Gasteiger partial charge in [-0.25, -0.2) is 0 Å². The molecule has 0 fully saturated rings. The molecule has 1 aliphatic rings. The molecule has 1 rings (SSSR count). The first kappa shape index (κ1) is 10.2. The fourth-order valence-corrected chi connectivity index (χ4v) is 1.62. The monoisotopic (exact) mass is 198 g/mol. The van der Waals surface area contributed by atoms with Crippen LogP contribution in [0.15, 0.2) is 10.1 Å². The Kier molecular flexibility index (Phi) is 3.95. The van der Waals surface area contributed by atoms with Crippen LogP contribution in [0.3, 0.4) is 0 Å². The lowest BCUT2D eigenvalue weighted by Gasteiger charge is -1.91. The minimum atomic E-state index is -0.140. The van der Waals surface area contributed by atoms with Gasteiger partial charge < -0.3 is 0 Å². The first-order valence-corrected chi connectivity index (χ1v) is 5.14. The van der Waals surface area contributed by atoms with Gasteiger partial charge in [-0.3, -0.25) is 4.79 Å². The Morgan fingerprint density at radius 2 is 2.31 bits per heavy atom. The molecule has 1 amide bonds. The average molecular weight is 198 g/mol. The van der Waals surface area contributed by atoms with Crippen LogP contribution in [0.4, 0.5) is 0 Å². The van der Waals surface area contributed by atoms with Gasteiger partial charge in [-0.15, -0.1) is 10.5 Å². The molecule has 1 heterocycles. The van der Waals surface area contributed by atoms with E-state index in [1.807, 2.05) is 0 Å². The Balaban J connectivity index is 2.45. The molecule has 0 atom stereocenters. The van der Waals surface area contributed by atoms with Crippen LogP contribution in [-0.4, -0.2) is 16.1 Å². The summed E-state index contributed by atoms with van der Waals surface area (Å²) in [6, 6.07) is 0. The van der Waals surface area contributed by atoms with Crippen molar-refractivity contribution in [3.05, 3.63) is 0 Å². The van der Waals surface area contributed by atoms with Crippen molar-refractivity contribution in [3.8, 4) is 0 Å². The number of rotatable bonds is 3. The van der Waals surface area contributed by atoms with Gasteiger partial charge in [-0.1, -0.05) is 13.8 Å². The zero-order valence-corrected chi connectivity index (χ0v) is 8.60. The Hall–Kier alpha value is -0.840. The molecule has 0 spiro atoms. The molecule has 1 radical (unpaired) electrons. The minimum absolute atomic E-state index is 0.140. The molecule has 0 aliphatic carbocycles. The van der Waals surface area contributed by atoms with Gasteiger partial charge in [-0.2, -0.15) is 4.99 Å². The second-order valence-electron chi connectivity index (χ2n) is 2.59. The van der Waals surface area contributed by atoms with Crippen LogP contribution in [0, 0.1) is 0 Å². The molecule has 0 saturated carbocycles. The molecular weight excluding hydrogens is 186 g/mol. The number of amidine groups is 1. The summed E-state index contributed by atoms with van der Waals surface area (Å²) in [5, 5.41) is 5.35. The predicted octanol–water partition coefficient (Wildman–Crippen LogP) is 1.74. The van der Waals surface area contributed by atoms with Crippen molar-refractivity contribution in [2.45, 2.75) is 33.1 Å². The van der Waals surface area contributed by atoms with Gasteiger partial charge in [0.15, 0.2) is 0 Å². The molecule has 0 N–H and O–H groups in total. The molecular formula is C8H12N3OS. The number of carbonyl (C=O) groups is 1. The van der Waals surface area contributed by atoms with Crippen molar-refractivity contribution in [2.75, 3.05) is 0 Å². The maximum absolute atomic E-state index is 10.9. The number of nitrogens with zero attached hydrogens (tertiary/aromatic N) is 3. The SMILES string of the molecule is CCCC1=N[N]C(=NC(=O)CC)S1. The number of hydrogen-bond acceptors (Lipinski definition) is 3. The van der Waals surface area contributed by atoms with Crippen LogP contribution in [-0.2, 0) is 4.79 Å². The fraction of sp³-hybridized carbons (Fsp3) is 0.625. The zero-order valence-electron chi connectivity index (χ0n) is 7.78. The second-order valence-corrected chi connectivity index (χ2v) is 3.63. The molecule has 71 valence electrons. The summed E-state index contributed by atoms with van der Waals surface area (Å²) < 4.78 is 0. The highest BCUT2D eigenvalue weighted by Gasteiger charge is 2.16. The molecule has 0 aromatic carbocycles. The minimum Gasteiger partial charge on any atom is -0.273 e. The van der Waals surface area contributed by atoms with Crippen molar-refractivity contribution in [3.63, 3.8) is 0 Å². The molecule has 1 aliphatic heterocycles. The number of carbonyl (C=O) groups excluding carboxylic acids is 1.